The number of rotatable bonds is 4. The van der Waals surface area contributed by atoms with E-state index in [1.807, 2.05) is 6.07 Å². The summed E-state index contributed by atoms with van der Waals surface area (Å²) in [6.45, 7) is 3.71. The number of halogens is 2. The molecule has 1 aromatic heterocycles. The van der Waals surface area contributed by atoms with Gasteiger partial charge in [0.05, 0.1) is 6.04 Å². The minimum atomic E-state index is -0.531. The molecule has 3 N–H and O–H groups in total. The number of aromatic nitrogens is 1. The van der Waals surface area contributed by atoms with E-state index in [4.69, 9.17) is 5.73 Å². The summed E-state index contributed by atoms with van der Waals surface area (Å²) < 4.78 is 1.11. The van der Waals surface area contributed by atoms with Gasteiger partial charge in [-0.3, -0.25) is 4.79 Å². The highest BCUT2D eigenvalue weighted by Crippen LogP contribution is 2.23. The van der Waals surface area contributed by atoms with Gasteiger partial charge in [-0.15, -0.1) is 23.7 Å². The van der Waals surface area contributed by atoms with Gasteiger partial charge in [0.2, 0.25) is 5.91 Å². The van der Waals surface area contributed by atoms with Gasteiger partial charge in [-0.25, -0.2) is 4.98 Å². The van der Waals surface area contributed by atoms with Crippen molar-refractivity contribution in [3.05, 3.63) is 44.9 Å². The van der Waals surface area contributed by atoms with Gasteiger partial charge in [-0.1, -0.05) is 28.1 Å². The first-order chi connectivity index (χ1) is 9.45. The Balaban J connectivity index is 0.00000220. The van der Waals surface area contributed by atoms with Crippen molar-refractivity contribution in [2.45, 2.75) is 26.3 Å². The van der Waals surface area contributed by atoms with E-state index in [0.29, 0.717) is 5.13 Å². The molecular weight excluding hydrogens is 374 g/mol. The van der Waals surface area contributed by atoms with Gasteiger partial charge in [-0.2, -0.15) is 0 Å². The molecule has 0 aliphatic carbocycles. The summed E-state index contributed by atoms with van der Waals surface area (Å²) in [6, 6.07) is 5.74. The van der Waals surface area contributed by atoms with Crippen molar-refractivity contribution in [1.29, 1.82) is 0 Å². The van der Waals surface area contributed by atoms with Gasteiger partial charge in [0.15, 0.2) is 5.13 Å². The van der Waals surface area contributed by atoms with Crippen LogP contribution >= 0.6 is 39.7 Å². The van der Waals surface area contributed by atoms with Crippen LogP contribution in [0, 0.1) is 6.92 Å². The van der Waals surface area contributed by atoms with Gasteiger partial charge in [0, 0.05) is 22.0 Å². The normalized spacial score (nSPS) is 11.6. The Morgan fingerprint density at radius 1 is 1.52 bits per heavy atom. The predicted molar refractivity (Wildman–Crippen MR) is 93.3 cm³/mol. The largest absolute Gasteiger partial charge is 0.320 e. The zero-order valence-corrected chi connectivity index (χ0v) is 14.9. The fourth-order valence-electron chi connectivity index (χ4n) is 1.68. The Labute approximate surface area is 142 Å². The molecule has 0 spiro atoms. The van der Waals surface area contributed by atoms with E-state index in [1.54, 1.807) is 13.1 Å². The van der Waals surface area contributed by atoms with Crippen LogP contribution in [0.2, 0.25) is 0 Å². The van der Waals surface area contributed by atoms with E-state index in [9.17, 15) is 4.79 Å². The maximum Gasteiger partial charge on any atom is 0.242 e. The smallest absolute Gasteiger partial charge is 0.242 e. The molecule has 21 heavy (non-hydrogen) atoms. The number of nitrogens with one attached hydrogen (secondary N) is 1. The van der Waals surface area contributed by atoms with Crippen LogP contribution in [0.3, 0.4) is 0 Å². The first kappa shape index (κ1) is 18.1. The first-order valence-electron chi connectivity index (χ1n) is 6.22. The Morgan fingerprint density at radius 3 is 2.86 bits per heavy atom. The fourth-order valence-corrected chi connectivity index (χ4v) is 2.78. The molecule has 0 fully saturated rings. The molecule has 2 rings (SSSR count). The number of hydrogen-bond donors (Lipinski definition) is 2. The molecule has 7 heteroatoms. The minimum absolute atomic E-state index is 0. The van der Waals surface area contributed by atoms with Crippen LogP contribution in [0.4, 0.5) is 5.13 Å². The van der Waals surface area contributed by atoms with Crippen LogP contribution in [0.1, 0.15) is 22.9 Å². The number of thiazole rings is 1. The lowest BCUT2D eigenvalue weighted by atomic mass is 10.1. The molecule has 1 amide bonds. The topological polar surface area (TPSA) is 68.0 Å². The summed E-state index contributed by atoms with van der Waals surface area (Å²) in [5.74, 6) is -0.217. The number of anilines is 1. The van der Waals surface area contributed by atoms with E-state index in [1.165, 1.54) is 22.5 Å². The summed E-state index contributed by atoms with van der Waals surface area (Å²) in [6.07, 6.45) is 2.60. The van der Waals surface area contributed by atoms with Crippen LogP contribution in [0.25, 0.3) is 0 Å². The van der Waals surface area contributed by atoms with Crippen LogP contribution in [0.15, 0.2) is 28.9 Å². The molecule has 1 heterocycles. The van der Waals surface area contributed by atoms with Crippen molar-refractivity contribution in [2.75, 3.05) is 5.32 Å². The van der Waals surface area contributed by atoms with Crippen LogP contribution < -0.4 is 11.1 Å². The van der Waals surface area contributed by atoms with Gasteiger partial charge < -0.3 is 11.1 Å². The summed E-state index contributed by atoms with van der Waals surface area (Å²) in [5.41, 5.74) is 7.93. The average Bonchev–Trinajstić information content (AvgIpc) is 2.81. The number of nitrogens with zero attached hydrogens (tertiary/aromatic N) is 1. The third-order valence-electron chi connectivity index (χ3n) is 2.80. The molecule has 0 bridgehead atoms. The molecular formula is C14H17BrClN3OS. The highest BCUT2D eigenvalue weighted by Gasteiger charge is 2.10. The number of nitrogens with two attached hydrogens (primary N) is 1. The third kappa shape index (κ3) is 5.07. The van der Waals surface area contributed by atoms with Crippen LogP contribution in [0.5, 0.6) is 0 Å². The summed E-state index contributed by atoms with van der Waals surface area (Å²) in [7, 11) is 0. The van der Waals surface area contributed by atoms with E-state index in [2.05, 4.69) is 45.3 Å². The summed E-state index contributed by atoms with van der Waals surface area (Å²) >= 11 is 4.96. The molecule has 0 saturated heterocycles. The highest BCUT2D eigenvalue weighted by molar-refractivity contribution is 9.10. The van der Waals surface area contributed by atoms with Gasteiger partial charge in [-0.05, 0) is 31.0 Å². The van der Waals surface area contributed by atoms with Crippen molar-refractivity contribution >= 4 is 50.7 Å². The average molecular weight is 391 g/mol. The molecule has 0 aliphatic heterocycles. The summed E-state index contributed by atoms with van der Waals surface area (Å²) in [4.78, 5) is 16.8. The van der Waals surface area contributed by atoms with Crippen molar-refractivity contribution in [1.82, 2.24) is 4.98 Å². The SMILES string of the molecule is Cc1cc(Cc2cnc(NC(=O)[C@H](C)N)s2)ccc1Br.Cl. The molecule has 4 nitrogen and oxygen atoms in total. The van der Waals surface area contributed by atoms with Gasteiger partial charge >= 0.3 is 0 Å². The lowest BCUT2D eigenvalue weighted by molar-refractivity contribution is -0.117. The minimum Gasteiger partial charge on any atom is -0.320 e. The predicted octanol–water partition coefficient (Wildman–Crippen LogP) is 3.51. The number of aryl methyl sites for hydroxylation is 1. The molecule has 1 aromatic carbocycles. The van der Waals surface area contributed by atoms with Crippen molar-refractivity contribution in [3.63, 3.8) is 0 Å². The maximum atomic E-state index is 11.5. The second-order valence-corrected chi connectivity index (χ2v) is 6.64. The molecule has 0 aliphatic rings. The van der Waals surface area contributed by atoms with Gasteiger partial charge in [0.1, 0.15) is 0 Å². The molecule has 1 atom stereocenters. The summed E-state index contributed by atoms with van der Waals surface area (Å²) in [5, 5.41) is 3.30. The lowest BCUT2D eigenvalue weighted by Gasteiger charge is -2.04. The van der Waals surface area contributed by atoms with Crippen molar-refractivity contribution in [2.24, 2.45) is 5.73 Å². The fraction of sp³-hybridized carbons (Fsp3) is 0.286. The van der Waals surface area contributed by atoms with E-state index < -0.39 is 6.04 Å². The molecule has 0 radical (unpaired) electrons. The molecule has 2 aromatic rings. The number of carbonyl (C=O) groups is 1. The second kappa shape index (κ2) is 7.89. The number of benzene rings is 1. The molecule has 114 valence electrons. The Morgan fingerprint density at radius 2 is 2.24 bits per heavy atom. The standard InChI is InChI=1S/C14H16BrN3OS.ClH/c1-8-5-10(3-4-12(8)15)6-11-7-17-14(20-11)18-13(19)9(2)16;/h3-5,7,9H,6,16H2,1-2H3,(H,17,18,19);1H/t9-;/m0./s1. The third-order valence-corrected chi connectivity index (χ3v) is 4.60. The monoisotopic (exact) mass is 389 g/mol. The van der Waals surface area contributed by atoms with Crippen LogP contribution in [-0.4, -0.2) is 16.9 Å². The molecule has 0 unspecified atom stereocenters. The first-order valence-corrected chi connectivity index (χ1v) is 7.83. The van der Waals surface area contributed by atoms with Crippen LogP contribution in [-0.2, 0) is 11.2 Å². The Kier molecular flexibility index (Phi) is 6.80. The maximum absolute atomic E-state index is 11.5. The zero-order chi connectivity index (χ0) is 14.7. The van der Waals surface area contributed by atoms with Gasteiger partial charge in [0.25, 0.3) is 0 Å². The second-order valence-electron chi connectivity index (χ2n) is 4.67. The zero-order valence-electron chi connectivity index (χ0n) is 11.7. The van der Waals surface area contributed by atoms with E-state index in [-0.39, 0.29) is 18.3 Å². The Bertz CT molecular complexity index is 630. The van der Waals surface area contributed by atoms with Crippen molar-refractivity contribution < 1.29 is 4.79 Å². The lowest BCUT2D eigenvalue weighted by Crippen LogP contribution is -2.32. The number of hydrogen-bond acceptors (Lipinski definition) is 4. The van der Waals surface area contributed by atoms with E-state index in [0.717, 1.165) is 15.8 Å². The van der Waals surface area contributed by atoms with Crippen molar-refractivity contribution in [3.8, 4) is 0 Å². The number of amides is 1. The Hall–Kier alpha value is -0.950. The quantitative estimate of drug-likeness (QED) is 0.839. The highest BCUT2D eigenvalue weighted by atomic mass is 79.9. The molecule has 0 saturated carbocycles. The van der Waals surface area contributed by atoms with E-state index >= 15 is 0 Å². The number of carbonyl (C=O) groups excluding carboxylic acids is 1.